The summed E-state index contributed by atoms with van der Waals surface area (Å²) in [5.41, 5.74) is 5.37. The number of rotatable bonds is 1. The Morgan fingerprint density at radius 3 is 1.88 bits per heavy atom. The summed E-state index contributed by atoms with van der Waals surface area (Å²) in [7, 11) is 2.20. The normalized spacial score (nSPS) is 20.3. The Kier molecular flexibility index (Phi) is 8.35. The topological polar surface area (TPSA) is 26.0 Å². The highest BCUT2D eigenvalue weighted by atomic mass is 14.5. The monoisotopic (exact) mass is 218 g/mol. The molecule has 1 rings (SSSR count). The van der Waals surface area contributed by atoms with Gasteiger partial charge in [0.1, 0.15) is 0 Å². The van der Waals surface area contributed by atoms with E-state index in [1.165, 1.54) is 64.2 Å². The minimum atomic E-state index is 0.489. The fraction of sp³-hybridized carbons (Fsp3) is 0.857. The number of hydrogen-bond donors (Lipinski definition) is 1. The lowest BCUT2D eigenvalue weighted by molar-refractivity contribution is 0.582. The second kappa shape index (κ2) is 9.79. The molecule has 0 heterocycles. The van der Waals surface area contributed by atoms with Gasteiger partial charge in [0.15, 0.2) is 0 Å². The van der Waals surface area contributed by atoms with Crippen molar-refractivity contribution in [3.8, 4) is 11.7 Å². The highest BCUT2D eigenvalue weighted by molar-refractivity contribution is 6.47. The molecule has 0 amide bonds. The van der Waals surface area contributed by atoms with Gasteiger partial charge in [0.05, 0.1) is 6.54 Å². The third-order valence-electron chi connectivity index (χ3n) is 3.42. The maximum Gasteiger partial charge on any atom is 0.219 e. The Labute approximate surface area is 102 Å². The van der Waals surface area contributed by atoms with Crippen LogP contribution >= 0.6 is 0 Å². The summed E-state index contributed by atoms with van der Waals surface area (Å²) < 4.78 is 0. The van der Waals surface area contributed by atoms with Gasteiger partial charge in [-0.25, -0.2) is 0 Å². The summed E-state index contributed by atoms with van der Waals surface area (Å²) in [5.74, 6) is 6.77. The molecule has 0 atom stereocenters. The molecule has 89 valence electrons. The summed E-state index contributed by atoms with van der Waals surface area (Å²) in [6.45, 7) is 0.489. The smallest absolute Gasteiger partial charge is 0.219 e. The van der Waals surface area contributed by atoms with Gasteiger partial charge in [-0.1, -0.05) is 70.0 Å². The van der Waals surface area contributed by atoms with Gasteiger partial charge in [-0.3, -0.25) is 0 Å². The first-order valence-electron chi connectivity index (χ1n) is 6.95. The maximum absolute atomic E-state index is 5.37. The highest BCUT2D eigenvalue weighted by Crippen LogP contribution is 2.24. The Morgan fingerprint density at radius 1 is 0.875 bits per heavy atom. The third kappa shape index (κ3) is 6.96. The van der Waals surface area contributed by atoms with Crippen molar-refractivity contribution < 1.29 is 0 Å². The summed E-state index contributed by atoms with van der Waals surface area (Å²) in [5, 5.41) is 0. The van der Waals surface area contributed by atoms with Crippen molar-refractivity contribution in [2.45, 2.75) is 70.0 Å². The minimum Gasteiger partial charge on any atom is -0.320 e. The first-order chi connectivity index (χ1) is 7.93. The molecular formula is C14H25BN. The Balaban J connectivity index is 2.27. The van der Waals surface area contributed by atoms with Gasteiger partial charge < -0.3 is 5.73 Å². The van der Waals surface area contributed by atoms with Crippen LogP contribution in [0.25, 0.3) is 0 Å². The lowest BCUT2D eigenvalue weighted by Gasteiger charge is -2.12. The van der Waals surface area contributed by atoms with E-state index >= 15 is 0 Å². The van der Waals surface area contributed by atoms with Gasteiger partial charge in [0.2, 0.25) is 7.28 Å². The Hall–Kier alpha value is -0.415. The van der Waals surface area contributed by atoms with Crippen molar-refractivity contribution in [1.29, 1.82) is 0 Å². The van der Waals surface area contributed by atoms with E-state index in [2.05, 4.69) is 19.0 Å². The lowest BCUT2D eigenvalue weighted by atomic mass is 9.61. The van der Waals surface area contributed by atoms with Crippen LogP contribution in [0.15, 0.2) is 0 Å². The summed E-state index contributed by atoms with van der Waals surface area (Å²) in [6.07, 6.45) is 14.0. The maximum atomic E-state index is 5.37. The molecule has 0 unspecified atom stereocenters. The standard InChI is InChI=1S/C14H25BN/c16-13-9-12-15-14-10-7-5-3-1-2-4-6-8-11-14/h14H,1-8,10-11,13,16H2. The van der Waals surface area contributed by atoms with Crippen LogP contribution in [0, 0.1) is 11.7 Å². The van der Waals surface area contributed by atoms with Crippen LogP contribution in [0.4, 0.5) is 0 Å². The first kappa shape index (κ1) is 13.6. The predicted molar refractivity (Wildman–Crippen MR) is 72.5 cm³/mol. The molecule has 0 aliphatic heterocycles. The molecule has 1 saturated carbocycles. The average Bonchev–Trinajstić information content (AvgIpc) is 2.35. The summed E-state index contributed by atoms with van der Waals surface area (Å²) in [6, 6.07) is 0. The molecule has 1 aliphatic carbocycles. The SMILES string of the molecule is NCC#C[B]C1CCCCCCCCCC1. The van der Waals surface area contributed by atoms with Crippen molar-refractivity contribution in [2.75, 3.05) is 6.54 Å². The van der Waals surface area contributed by atoms with Crippen LogP contribution in [0.2, 0.25) is 5.82 Å². The fourth-order valence-electron chi connectivity index (χ4n) is 2.42. The molecule has 2 heteroatoms. The van der Waals surface area contributed by atoms with Crippen molar-refractivity contribution in [1.82, 2.24) is 0 Å². The van der Waals surface area contributed by atoms with E-state index < -0.39 is 0 Å². The lowest BCUT2D eigenvalue weighted by Crippen LogP contribution is -2.03. The molecule has 0 spiro atoms. The quantitative estimate of drug-likeness (QED) is 0.530. The first-order valence-corrected chi connectivity index (χ1v) is 6.95. The molecule has 16 heavy (non-hydrogen) atoms. The van der Waals surface area contributed by atoms with Crippen molar-refractivity contribution in [3.05, 3.63) is 0 Å². The Morgan fingerprint density at radius 2 is 1.38 bits per heavy atom. The van der Waals surface area contributed by atoms with Gasteiger partial charge in [-0.15, -0.1) is 5.92 Å². The van der Waals surface area contributed by atoms with E-state index in [9.17, 15) is 0 Å². The van der Waals surface area contributed by atoms with Gasteiger partial charge in [-0.2, -0.15) is 5.82 Å². The van der Waals surface area contributed by atoms with E-state index in [1.54, 1.807) is 0 Å². The van der Waals surface area contributed by atoms with E-state index in [0.717, 1.165) is 5.82 Å². The largest absolute Gasteiger partial charge is 0.320 e. The molecule has 2 N–H and O–H groups in total. The molecular weight excluding hydrogens is 193 g/mol. The minimum absolute atomic E-state index is 0.489. The van der Waals surface area contributed by atoms with Gasteiger partial charge in [0.25, 0.3) is 0 Å². The number of hydrogen-bond acceptors (Lipinski definition) is 1. The van der Waals surface area contributed by atoms with E-state index in [-0.39, 0.29) is 0 Å². The van der Waals surface area contributed by atoms with Crippen molar-refractivity contribution in [3.63, 3.8) is 0 Å². The Bertz CT molecular complexity index is 205. The van der Waals surface area contributed by atoms with E-state index in [4.69, 9.17) is 5.73 Å². The summed E-state index contributed by atoms with van der Waals surface area (Å²) in [4.78, 5) is 0. The zero-order valence-corrected chi connectivity index (χ0v) is 10.5. The van der Waals surface area contributed by atoms with Crippen LogP contribution in [0.3, 0.4) is 0 Å². The zero-order valence-electron chi connectivity index (χ0n) is 10.5. The predicted octanol–water partition coefficient (Wildman–Crippen LogP) is 3.31. The van der Waals surface area contributed by atoms with Gasteiger partial charge >= 0.3 is 0 Å². The molecule has 0 aromatic heterocycles. The molecule has 1 radical (unpaired) electrons. The average molecular weight is 218 g/mol. The molecule has 1 aliphatic rings. The second-order valence-electron chi connectivity index (χ2n) is 4.86. The fourth-order valence-corrected chi connectivity index (χ4v) is 2.42. The third-order valence-corrected chi connectivity index (χ3v) is 3.42. The van der Waals surface area contributed by atoms with Crippen molar-refractivity contribution in [2.24, 2.45) is 5.73 Å². The van der Waals surface area contributed by atoms with E-state index in [1.807, 2.05) is 0 Å². The molecule has 1 nitrogen and oxygen atoms in total. The van der Waals surface area contributed by atoms with Crippen LogP contribution in [0.1, 0.15) is 64.2 Å². The van der Waals surface area contributed by atoms with Gasteiger partial charge in [-0.05, 0) is 0 Å². The van der Waals surface area contributed by atoms with Gasteiger partial charge in [0, 0.05) is 0 Å². The van der Waals surface area contributed by atoms with Crippen molar-refractivity contribution >= 4 is 7.28 Å². The van der Waals surface area contributed by atoms with Crippen LogP contribution < -0.4 is 5.73 Å². The van der Waals surface area contributed by atoms with E-state index in [0.29, 0.717) is 6.54 Å². The highest BCUT2D eigenvalue weighted by Gasteiger charge is 2.09. The number of nitrogens with two attached hydrogens (primary N) is 1. The second-order valence-corrected chi connectivity index (χ2v) is 4.86. The molecule has 0 bridgehead atoms. The van der Waals surface area contributed by atoms with Crippen LogP contribution in [0.5, 0.6) is 0 Å². The van der Waals surface area contributed by atoms with Crippen LogP contribution in [-0.2, 0) is 0 Å². The molecule has 0 saturated heterocycles. The molecule has 0 aromatic rings. The van der Waals surface area contributed by atoms with Crippen LogP contribution in [-0.4, -0.2) is 13.8 Å². The molecule has 0 aromatic carbocycles. The zero-order chi connectivity index (χ0) is 11.5. The molecule has 1 fully saturated rings. The summed E-state index contributed by atoms with van der Waals surface area (Å²) >= 11 is 0.